The topological polar surface area (TPSA) is 72.5 Å². The molecule has 3 heterocycles. The molecule has 134 valence electrons. The van der Waals surface area contributed by atoms with E-state index in [9.17, 15) is 14.0 Å². The van der Waals surface area contributed by atoms with E-state index >= 15 is 0 Å². The van der Waals surface area contributed by atoms with Gasteiger partial charge in [0.15, 0.2) is 0 Å². The molecule has 0 spiro atoms. The van der Waals surface area contributed by atoms with Gasteiger partial charge in [0.2, 0.25) is 5.91 Å². The second kappa shape index (κ2) is 6.64. The van der Waals surface area contributed by atoms with Gasteiger partial charge in [0.05, 0.1) is 16.7 Å². The number of nitrogens with zero attached hydrogens (tertiary/aromatic N) is 5. The number of halogens is 2. The molecule has 1 fully saturated rings. The monoisotopic (exact) mass is 419 g/mol. The third-order valence-corrected chi connectivity index (χ3v) is 5.25. The summed E-state index contributed by atoms with van der Waals surface area (Å²) in [7, 11) is 0. The van der Waals surface area contributed by atoms with Crippen LogP contribution in [0.25, 0.3) is 5.52 Å². The van der Waals surface area contributed by atoms with Crippen molar-refractivity contribution in [2.45, 2.75) is 25.4 Å². The SMILES string of the molecule is O=C(Cn1ncn2nccc2c1=O)N1CCCC1c1ccc(Br)c(F)c1. The molecule has 1 aromatic carbocycles. The average Bonchev–Trinajstić information content (AvgIpc) is 3.29. The molecule has 1 aliphatic rings. The number of rotatable bonds is 3. The highest BCUT2D eigenvalue weighted by Gasteiger charge is 2.30. The maximum Gasteiger partial charge on any atom is 0.293 e. The van der Waals surface area contributed by atoms with Crippen LogP contribution in [0.5, 0.6) is 0 Å². The molecule has 9 heteroatoms. The smallest absolute Gasteiger partial charge is 0.293 e. The minimum atomic E-state index is -0.371. The van der Waals surface area contributed by atoms with E-state index in [1.54, 1.807) is 17.0 Å². The molecule has 7 nitrogen and oxygen atoms in total. The maximum atomic E-state index is 13.9. The van der Waals surface area contributed by atoms with Gasteiger partial charge < -0.3 is 4.90 Å². The van der Waals surface area contributed by atoms with Gasteiger partial charge >= 0.3 is 0 Å². The van der Waals surface area contributed by atoms with Crippen molar-refractivity contribution in [3.05, 3.63) is 63.0 Å². The maximum absolute atomic E-state index is 13.9. The van der Waals surface area contributed by atoms with Gasteiger partial charge in [0.25, 0.3) is 5.56 Å². The van der Waals surface area contributed by atoms with Crippen LogP contribution < -0.4 is 5.56 Å². The normalized spacial score (nSPS) is 17.2. The summed E-state index contributed by atoms with van der Waals surface area (Å²) in [6, 6.07) is 6.29. The Hall–Kier alpha value is -2.55. The first-order valence-electron chi connectivity index (χ1n) is 8.18. The van der Waals surface area contributed by atoms with Gasteiger partial charge in [-0.15, -0.1) is 0 Å². The molecule has 0 radical (unpaired) electrons. The van der Waals surface area contributed by atoms with Crippen LogP contribution in [-0.4, -0.2) is 36.7 Å². The average molecular weight is 420 g/mol. The zero-order valence-electron chi connectivity index (χ0n) is 13.7. The summed E-state index contributed by atoms with van der Waals surface area (Å²) in [5.74, 6) is -0.569. The van der Waals surface area contributed by atoms with Gasteiger partial charge in [-0.2, -0.15) is 10.2 Å². The van der Waals surface area contributed by atoms with Crippen LogP contribution in [0.4, 0.5) is 4.39 Å². The molecule has 1 aliphatic heterocycles. The number of carbonyl (C=O) groups is 1. The van der Waals surface area contributed by atoms with E-state index in [0.29, 0.717) is 16.5 Å². The second-order valence-electron chi connectivity index (χ2n) is 6.17. The van der Waals surface area contributed by atoms with Crippen molar-refractivity contribution in [2.75, 3.05) is 6.54 Å². The lowest BCUT2D eigenvalue weighted by molar-refractivity contribution is -0.133. The fourth-order valence-electron chi connectivity index (χ4n) is 3.33. The molecule has 1 saturated heterocycles. The Balaban J connectivity index is 1.59. The van der Waals surface area contributed by atoms with E-state index in [1.165, 1.54) is 23.1 Å². The number of aromatic nitrogens is 4. The summed E-state index contributed by atoms with van der Waals surface area (Å²) in [5, 5.41) is 7.95. The first-order valence-corrected chi connectivity index (χ1v) is 8.98. The zero-order valence-corrected chi connectivity index (χ0v) is 15.3. The number of amides is 1. The van der Waals surface area contributed by atoms with Crippen LogP contribution in [0.15, 0.2) is 46.1 Å². The number of fused-ring (bicyclic) bond motifs is 1. The van der Waals surface area contributed by atoms with E-state index in [2.05, 4.69) is 26.1 Å². The first kappa shape index (κ1) is 16.9. The highest BCUT2D eigenvalue weighted by Crippen LogP contribution is 2.33. The fraction of sp³-hybridized carbons (Fsp3) is 0.294. The molecule has 1 atom stereocenters. The predicted molar refractivity (Wildman–Crippen MR) is 95.0 cm³/mol. The summed E-state index contributed by atoms with van der Waals surface area (Å²) in [4.78, 5) is 26.9. The van der Waals surface area contributed by atoms with Crippen molar-refractivity contribution < 1.29 is 9.18 Å². The van der Waals surface area contributed by atoms with Crippen LogP contribution in [0.3, 0.4) is 0 Å². The van der Waals surface area contributed by atoms with Crippen molar-refractivity contribution in [3.8, 4) is 0 Å². The van der Waals surface area contributed by atoms with Crippen molar-refractivity contribution in [3.63, 3.8) is 0 Å². The molecule has 0 N–H and O–H groups in total. The molecule has 3 aromatic rings. The number of hydrogen-bond donors (Lipinski definition) is 0. The quantitative estimate of drug-likeness (QED) is 0.651. The predicted octanol–water partition coefficient (Wildman–Crippen LogP) is 2.16. The summed E-state index contributed by atoms with van der Waals surface area (Å²) < 4.78 is 16.8. The summed E-state index contributed by atoms with van der Waals surface area (Å²) >= 11 is 3.14. The Morgan fingerprint density at radius 1 is 1.31 bits per heavy atom. The standard InChI is InChI=1S/C17H15BrFN5O2/c18-12-4-3-11(8-13(12)19)14-2-1-7-22(14)16(25)9-23-17(26)15-5-6-20-24(15)10-21-23/h3-6,8,10,14H,1-2,7,9H2. The van der Waals surface area contributed by atoms with Crippen molar-refractivity contribution in [2.24, 2.45) is 0 Å². The van der Waals surface area contributed by atoms with Gasteiger partial charge in [-0.1, -0.05) is 6.07 Å². The van der Waals surface area contributed by atoms with E-state index in [1.807, 2.05) is 6.07 Å². The lowest BCUT2D eigenvalue weighted by Gasteiger charge is -2.25. The van der Waals surface area contributed by atoms with Crippen molar-refractivity contribution in [1.82, 2.24) is 24.3 Å². The molecular formula is C17H15BrFN5O2. The molecule has 2 aromatic heterocycles. The van der Waals surface area contributed by atoms with Gasteiger partial charge in [-0.05, 0) is 52.5 Å². The first-order chi connectivity index (χ1) is 12.5. The van der Waals surface area contributed by atoms with Gasteiger partial charge in [-0.25, -0.2) is 13.6 Å². The Bertz CT molecular complexity index is 1050. The van der Waals surface area contributed by atoms with Crippen LogP contribution >= 0.6 is 15.9 Å². The summed E-state index contributed by atoms with van der Waals surface area (Å²) in [6.07, 6.45) is 4.49. The third kappa shape index (κ3) is 2.92. The van der Waals surface area contributed by atoms with Crippen LogP contribution in [0, 0.1) is 5.82 Å². The Labute approximate surface area is 156 Å². The van der Waals surface area contributed by atoms with Crippen molar-refractivity contribution in [1.29, 1.82) is 0 Å². The molecule has 0 saturated carbocycles. The molecule has 4 rings (SSSR count). The number of benzene rings is 1. The minimum absolute atomic E-state index is 0.157. The molecular weight excluding hydrogens is 405 g/mol. The summed E-state index contributed by atoms with van der Waals surface area (Å²) in [5.41, 5.74) is 0.743. The summed E-state index contributed by atoms with van der Waals surface area (Å²) in [6.45, 7) is 0.418. The van der Waals surface area contributed by atoms with Gasteiger partial charge in [0, 0.05) is 6.54 Å². The highest BCUT2D eigenvalue weighted by molar-refractivity contribution is 9.10. The Morgan fingerprint density at radius 3 is 2.96 bits per heavy atom. The van der Waals surface area contributed by atoms with E-state index in [-0.39, 0.29) is 29.9 Å². The minimum Gasteiger partial charge on any atom is -0.334 e. The lowest BCUT2D eigenvalue weighted by atomic mass is 10.0. The van der Waals surface area contributed by atoms with Gasteiger partial charge in [-0.3, -0.25) is 9.59 Å². The van der Waals surface area contributed by atoms with E-state index in [0.717, 1.165) is 23.1 Å². The Kier molecular flexibility index (Phi) is 4.31. The lowest BCUT2D eigenvalue weighted by Crippen LogP contribution is -2.37. The Morgan fingerprint density at radius 2 is 2.15 bits per heavy atom. The number of carbonyl (C=O) groups excluding carboxylic acids is 1. The van der Waals surface area contributed by atoms with Crippen LogP contribution in [-0.2, 0) is 11.3 Å². The largest absolute Gasteiger partial charge is 0.334 e. The van der Waals surface area contributed by atoms with Gasteiger partial charge in [0.1, 0.15) is 24.2 Å². The molecule has 1 unspecified atom stereocenters. The molecule has 26 heavy (non-hydrogen) atoms. The van der Waals surface area contributed by atoms with E-state index < -0.39 is 0 Å². The highest BCUT2D eigenvalue weighted by atomic mass is 79.9. The number of hydrogen-bond acceptors (Lipinski definition) is 4. The number of likely N-dealkylation sites (tertiary alicyclic amines) is 1. The zero-order chi connectivity index (χ0) is 18.3. The van der Waals surface area contributed by atoms with Crippen LogP contribution in [0.2, 0.25) is 0 Å². The van der Waals surface area contributed by atoms with Crippen LogP contribution in [0.1, 0.15) is 24.4 Å². The fourth-order valence-corrected chi connectivity index (χ4v) is 3.58. The second-order valence-corrected chi connectivity index (χ2v) is 7.03. The molecule has 0 bridgehead atoms. The molecule has 1 amide bonds. The third-order valence-electron chi connectivity index (χ3n) is 4.61. The molecule has 0 aliphatic carbocycles. The van der Waals surface area contributed by atoms with E-state index in [4.69, 9.17) is 0 Å². The van der Waals surface area contributed by atoms with Crippen molar-refractivity contribution >= 4 is 27.4 Å².